The Kier molecular flexibility index (Phi) is 4.53. The Morgan fingerprint density at radius 1 is 1.38 bits per heavy atom. The molecule has 24 heavy (non-hydrogen) atoms. The lowest BCUT2D eigenvalue weighted by Gasteiger charge is -2.07. The van der Waals surface area contributed by atoms with Crippen molar-refractivity contribution in [1.82, 2.24) is 14.3 Å². The molecule has 0 aromatic carbocycles. The molecular formula is C17H19N3O3S. The van der Waals surface area contributed by atoms with Gasteiger partial charge in [-0.1, -0.05) is 13.0 Å². The van der Waals surface area contributed by atoms with Crippen LogP contribution < -0.4 is 5.76 Å². The summed E-state index contributed by atoms with van der Waals surface area (Å²) in [6.45, 7) is 6.76. The smallest absolute Gasteiger partial charge is 0.387 e. The fourth-order valence-electron chi connectivity index (χ4n) is 2.78. The molecule has 0 saturated carbocycles. The van der Waals surface area contributed by atoms with Crippen molar-refractivity contribution in [3.8, 4) is 10.8 Å². The number of nitrogens with zero attached hydrogens (tertiary/aromatic N) is 3. The van der Waals surface area contributed by atoms with Gasteiger partial charge in [0.1, 0.15) is 6.54 Å². The molecule has 0 bridgehead atoms. The highest BCUT2D eigenvalue weighted by atomic mass is 32.1. The van der Waals surface area contributed by atoms with E-state index in [0.717, 1.165) is 33.9 Å². The fraction of sp³-hybridized carbons (Fsp3) is 0.353. The number of aromatic nitrogens is 3. The molecule has 3 aromatic rings. The highest BCUT2D eigenvalue weighted by Crippen LogP contribution is 2.21. The molecule has 0 unspecified atom stereocenters. The van der Waals surface area contributed by atoms with Crippen molar-refractivity contribution in [2.45, 2.75) is 40.3 Å². The summed E-state index contributed by atoms with van der Waals surface area (Å²) in [5, 5.41) is 6.01. The quantitative estimate of drug-likeness (QED) is 0.643. The normalized spacial score (nSPS) is 11.1. The average molecular weight is 345 g/mol. The number of ketones is 1. The van der Waals surface area contributed by atoms with E-state index in [1.54, 1.807) is 0 Å². The van der Waals surface area contributed by atoms with Gasteiger partial charge in [0, 0.05) is 23.5 Å². The summed E-state index contributed by atoms with van der Waals surface area (Å²) >= 11 is 1.43. The highest BCUT2D eigenvalue weighted by Gasteiger charge is 2.19. The Balaban J connectivity index is 1.86. The third-order valence-corrected chi connectivity index (χ3v) is 4.81. The van der Waals surface area contributed by atoms with Crippen molar-refractivity contribution in [2.75, 3.05) is 0 Å². The predicted molar refractivity (Wildman–Crippen MR) is 92.6 cm³/mol. The van der Waals surface area contributed by atoms with Gasteiger partial charge in [-0.25, -0.2) is 4.79 Å². The number of thiophene rings is 1. The van der Waals surface area contributed by atoms with Gasteiger partial charge in [0.15, 0.2) is 5.78 Å². The van der Waals surface area contributed by atoms with E-state index >= 15 is 0 Å². The van der Waals surface area contributed by atoms with Crippen LogP contribution in [0.1, 0.15) is 35.1 Å². The number of Topliss-reactive ketones (excluding diaryl/α,β-unsaturated/α-hetero) is 1. The summed E-state index contributed by atoms with van der Waals surface area (Å²) in [5.74, 6) is -0.507. The lowest BCUT2D eigenvalue weighted by Crippen LogP contribution is -2.22. The summed E-state index contributed by atoms with van der Waals surface area (Å²) in [5.41, 5.74) is 2.60. The molecule has 3 aromatic heterocycles. The second-order valence-electron chi connectivity index (χ2n) is 5.67. The maximum atomic E-state index is 12.6. The van der Waals surface area contributed by atoms with E-state index < -0.39 is 5.76 Å². The molecule has 7 heteroatoms. The maximum Gasteiger partial charge on any atom is 0.437 e. The Hall–Kier alpha value is -2.41. The van der Waals surface area contributed by atoms with Gasteiger partial charge in [-0.05, 0) is 37.8 Å². The third-order valence-electron chi connectivity index (χ3n) is 3.95. The topological polar surface area (TPSA) is 70.0 Å². The average Bonchev–Trinajstić information content (AvgIpc) is 3.24. The van der Waals surface area contributed by atoms with Crippen molar-refractivity contribution in [1.29, 1.82) is 0 Å². The summed E-state index contributed by atoms with van der Waals surface area (Å²) in [6, 6.07) is 5.55. The van der Waals surface area contributed by atoms with Crippen LogP contribution >= 0.6 is 11.3 Å². The molecule has 0 amide bonds. The van der Waals surface area contributed by atoms with Gasteiger partial charge in [0.2, 0.25) is 0 Å². The van der Waals surface area contributed by atoms with Crippen LogP contribution in [0.25, 0.3) is 10.8 Å². The van der Waals surface area contributed by atoms with Crippen LogP contribution in [0.3, 0.4) is 0 Å². The van der Waals surface area contributed by atoms with Gasteiger partial charge in [0.05, 0.1) is 4.88 Å². The Morgan fingerprint density at radius 3 is 2.83 bits per heavy atom. The molecule has 0 aliphatic heterocycles. The number of hydrogen-bond donors (Lipinski definition) is 0. The van der Waals surface area contributed by atoms with Gasteiger partial charge in [-0.15, -0.1) is 16.4 Å². The molecule has 0 fully saturated rings. The summed E-state index contributed by atoms with van der Waals surface area (Å²) < 4.78 is 8.35. The molecule has 3 heterocycles. The van der Waals surface area contributed by atoms with E-state index in [4.69, 9.17) is 4.42 Å². The molecule has 0 saturated heterocycles. The first-order valence-electron chi connectivity index (χ1n) is 7.83. The number of hydrogen-bond acceptors (Lipinski definition) is 5. The number of aryl methyl sites for hydroxylation is 1. The Morgan fingerprint density at radius 2 is 2.17 bits per heavy atom. The zero-order valence-corrected chi connectivity index (χ0v) is 14.7. The molecule has 0 atom stereocenters. The van der Waals surface area contributed by atoms with Crippen LogP contribution in [0.2, 0.25) is 0 Å². The van der Waals surface area contributed by atoms with E-state index in [0.29, 0.717) is 5.56 Å². The summed E-state index contributed by atoms with van der Waals surface area (Å²) in [6.07, 6.45) is 0.997. The van der Waals surface area contributed by atoms with Gasteiger partial charge in [-0.3, -0.25) is 4.79 Å². The van der Waals surface area contributed by atoms with E-state index in [2.05, 4.69) is 16.6 Å². The zero-order valence-electron chi connectivity index (χ0n) is 13.9. The van der Waals surface area contributed by atoms with Crippen LogP contribution in [-0.2, 0) is 13.1 Å². The van der Waals surface area contributed by atoms with Crippen LogP contribution in [0.5, 0.6) is 0 Å². The predicted octanol–water partition coefficient (Wildman–Crippen LogP) is 3.28. The van der Waals surface area contributed by atoms with Crippen molar-refractivity contribution in [3.63, 3.8) is 0 Å². The van der Waals surface area contributed by atoms with Crippen molar-refractivity contribution < 1.29 is 9.21 Å². The van der Waals surface area contributed by atoms with Crippen molar-refractivity contribution in [3.05, 3.63) is 51.1 Å². The van der Waals surface area contributed by atoms with Crippen LogP contribution in [0, 0.1) is 13.8 Å². The molecule has 0 radical (unpaired) electrons. The van der Waals surface area contributed by atoms with Gasteiger partial charge in [0.25, 0.3) is 5.89 Å². The first-order valence-corrected chi connectivity index (χ1v) is 8.71. The molecule has 0 aliphatic carbocycles. The SMILES string of the molecule is CCCn1c(C)cc(C(=O)Cn2nc(-c3cccs3)oc2=O)c1C. The Bertz CT molecular complexity index is 916. The van der Waals surface area contributed by atoms with Crippen LogP contribution in [-0.4, -0.2) is 20.1 Å². The highest BCUT2D eigenvalue weighted by molar-refractivity contribution is 7.13. The molecule has 0 N–H and O–H groups in total. The summed E-state index contributed by atoms with van der Waals surface area (Å²) in [7, 11) is 0. The zero-order chi connectivity index (χ0) is 17.3. The van der Waals surface area contributed by atoms with Crippen molar-refractivity contribution >= 4 is 17.1 Å². The van der Waals surface area contributed by atoms with Crippen LogP contribution in [0.4, 0.5) is 0 Å². The molecule has 6 nitrogen and oxygen atoms in total. The fourth-order valence-corrected chi connectivity index (χ4v) is 3.42. The van der Waals surface area contributed by atoms with Gasteiger partial charge < -0.3 is 8.98 Å². The molecular weight excluding hydrogens is 326 g/mol. The minimum Gasteiger partial charge on any atom is -0.387 e. The molecule has 126 valence electrons. The summed E-state index contributed by atoms with van der Waals surface area (Å²) in [4.78, 5) is 25.3. The molecule has 3 rings (SSSR count). The first-order chi connectivity index (χ1) is 11.5. The lowest BCUT2D eigenvalue weighted by molar-refractivity contribution is 0.0964. The number of carbonyl (C=O) groups excluding carboxylic acids is 1. The third kappa shape index (κ3) is 2.99. The maximum absolute atomic E-state index is 12.6. The molecule has 0 aliphatic rings. The second kappa shape index (κ2) is 6.60. The Labute approximate surface area is 143 Å². The largest absolute Gasteiger partial charge is 0.437 e. The monoisotopic (exact) mass is 345 g/mol. The van der Waals surface area contributed by atoms with E-state index in [9.17, 15) is 9.59 Å². The lowest BCUT2D eigenvalue weighted by atomic mass is 10.1. The van der Waals surface area contributed by atoms with Gasteiger partial charge in [-0.2, -0.15) is 4.68 Å². The van der Waals surface area contributed by atoms with Crippen molar-refractivity contribution in [2.24, 2.45) is 0 Å². The number of carbonyl (C=O) groups is 1. The molecule has 0 spiro atoms. The minimum atomic E-state index is -0.617. The minimum absolute atomic E-state index is 0.121. The standard InChI is InChI=1S/C17H19N3O3S/c1-4-7-19-11(2)9-13(12(19)3)14(21)10-20-17(22)23-16(18-20)15-6-5-8-24-15/h5-6,8-9H,4,7,10H2,1-3H3. The van der Waals surface area contributed by atoms with Crippen LogP contribution in [0.15, 0.2) is 32.8 Å². The van der Waals surface area contributed by atoms with E-state index in [1.165, 1.54) is 11.3 Å². The van der Waals surface area contributed by atoms with Gasteiger partial charge >= 0.3 is 5.76 Å². The van der Waals surface area contributed by atoms with E-state index in [-0.39, 0.29) is 18.2 Å². The van der Waals surface area contributed by atoms with E-state index in [1.807, 2.05) is 37.4 Å². The second-order valence-corrected chi connectivity index (χ2v) is 6.62. The first kappa shape index (κ1) is 16.4. The number of rotatable bonds is 6.